The second kappa shape index (κ2) is 10.1. The maximum absolute atomic E-state index is 9.80. The van der Waals surface area contributed by atoms with E-state index in [0.717, 1.165) is 36.7 Å². The zero-order valence-electron chi connectivity index (χ0n) is 17.9. The summed E-state index contributed by atoms with van der Waals surface area (Å²) >= 11 is 7.21. The highest BCUT2D eigenvalue weighted by Gasteiger charge is 2.11. The van der Waals surface area contributed by atoms with Crippen LogP contribution in [0.5, 0.6) is 11.5 Å². The van der Waals surface area contributed by atoms with Gasteiger partial charge in [-0.25, -0.2) is 9.98 Å². The third-order valence-corrected chi connectivity index (χ3v) is 6.02. The van der Waals surface area contributed by atoms with Gasteiger partial charge >= 0.3 is 0 Å². The number of aryl methyl sites for hydroxylation is 1. The number of halogens is 2. The third-order valence-electron chi connectivity index (χ3n) is 4.81. The first-order valence-corrected chi connectivity index (χ1v) is 11.6. The van der Waals surface area contributed by atoms with Gasteiger partial charge in [-0.3, -0.25) is 5.43 Å². The molecule has 3 aromatic carbocycles. The lowest BCUT2D eigenvalue weighted by Crippen LogP contribution is -2.20. The fourth-order valence-corrected chi connectivity index (χ4v) is 4.78. The molecule has 0 unspecified atom stereocenters. The van der Waals surface area contributed by atoms with Crippen molar-refractivity contribution >= 4 is 60.5 Å². The van der Waals surface area contributed by atoms with Crippen molar-refractivity contribution in [1.82, 2.24) is 10.4 Å². The van der Waals surface area contributed by atoms with E-state index in [-0.39, 0.29) is 5.75 Å². The summed E-state index contributed by atoms with van der Waals surface area (Å²) in [5, 5.41) is 15.2. The molecule has 6 nitrogen and oxygen atoms in total. The molecule has 0 fully saturated rings. The first kappa shape index (κ1) is 22.9. The molecule has 0 radical (unpaired) electrons. The van der Waals surface area contributed by atoms with E-state index >= 15 is 0 Å². The second-order valence-corrected chi connectivity index (χ2v) is 8.94. The number of ether oxygens (including phenoxy) is 1. The van der Waals surface area contributed by atoms with Crippen molar-refractivity contribution in [2.24, 2.45) is 10.1 Å². The average molecular weight is 568 g/mol. The van der Waals surface area contributed by atoms with Crippen LogP contribution in [0.1, 0.15) is 16.8 Å². The number of benzene rings is 3. The van der Waals surface area contributed by atoms with Gasteiger partial charge in [-0.1, -0.05) is 24.3 Å². The monoisotopic (exact) mass is 566 g/mol. The van der Waals surface area contributed by atoms with Crippen LogP contribution < -0.4 is 10.2 Å². The number of phenols is 1. The van der Waals surface area contributed by atoms with E-state index in [9.17, 15) is 5.11 Å². The second-order valence-electron chi connectivity index (χ2n) is 7.23. The number of phenolic OH excluding ortho intramolecular Hbond substituents is 1. The molecule has 0 atom stereocenters. The summed E-state index contributed by atoms with van der Waals surface area (Å²) in [5.74, 6) is 0.920. The molecule has 2 N–H and O–H groups in total. The zero-order valence-corrected chi connectivity index (χ0v) is 21.1. The Labute approximate surface area is 208 Å². The fourth-order valence-electron chi connectivity index (χ4n) is 3.19. The number of hydrogen-bond acceptors (Lipinski definition) is 5. The fraction of sp³-hybridized carbons (Fsp3) is 0.0800. The van der Waals surface area contributed by atoms with E-state index < -0.39 is 0 Å². The molecular weight excluding hydrogens is 548 g/mol. The van der Waals surface area contributed by atoms with Crippen LogP contribution in [0.25, 0.3) is 10.9 Å². The van der Waals surface area contributed by atoms with Gasteiger partial charge in [-0.15, -0.1) is 0 Å². The molecule has 0 saturated heterocycles. The summed E-state index contributed by atoms with van der Waals surface area (Å²) in [5.41, 5.74) is 7.11. The quantitative estimate of drug-likeness (QED) is 0.164. The van der Waals surface area contributed by atoms with E-state index in [1.165, 1.54) is 7.11 Å². The lowest BCUT2D eigenvalue weighted by Gasteiger charge is -2.10. The van der Waals surface area contributed by atoms with E-state index in [1.54, 1.807) is 24.4 Å². The summed E-state index contributed by atoms with van der Waals surface area (Å²) in [6, 6.07) is 20.8. The molecule has 1 aromatic heterocycles. The first-order chi connectivity index (χ1) is 15.9. The van der Waals surface area contributed by atoms with Crippen molar-refractivity contribution in [3.8, 4) is 11.5 Å². The van der Waals surface area contributed by atoms with Gasteiger partial charge in [-0.2, -0.15) is 5.10 Å². The maximum atomic E-state index is 9.80. The minimum atomic E-state index is 0.0688. The lowest BCUT2D eigenvalue weighted by molar-refractivity contribution is 0.373. The molecule has 0 amide bonds. The number of aliphatic imine (C=N–C) groups is 1. The van der Waals surface area contributed by atoms with Gasteiger partial charge in [0.05, 0.1) is 24.5 Å². The minimum Gasteiger partial charge on any atom is -0.504 e. The van der Waals surface area contributed by atoms with Crippen LogP contribution in [-0.4, -0.2) is 29.3 Å². The summed E-state index contributed by atoms with van der Waals surface area (Å²) in [4.78, 5) is 9.59. The summed E-state index contributed by atoms with van der Waals surface area (Å²) in [7, 11) is 1.50. The van der Waals surface area contributed by atoms with Crippen LogP contribution in [0.4, 0.5) is 5.69 Å². The molecular formula is C25H20Br2N4O2. The van der Waals surface area contributed by atoms with Crippen molar-refractivity contribution in [2.45, 2.75) is 6.92 Å². The highest BCUT2D eigenvalue weighted by molar-refractivity contribution is 9.11. The predicted octanol–water partition coefficient (Wildman–Crippen LogP) is 6.48. The van der Waals surface area contributed by atoms with E-state index in [0.29, 0.717) is 17.3 Å². The Balaban J connectivity index is 1.74. The Kier molecular flexibility index (Phi) is 7.05. The van der Waals surface area contributed by atoms with E-state index in [2.05, 4.69) is 42.4 Å². The Hall–Kier alpha value is -3.23. The summed E-state index contributed by atoms with van der Waals surface area (Å²) < 4.78 is 6.86. The molecule has 0 aliphatic heterocycles. The highest BCUT2D eigenvalue weighted by Crippen LogP contribution is 2.35. The molecule has 33 heavy (non-hydrogen) atoms. The molecule has 0 aliphatic carbocycles. The highest BCUT2D eigenvalue weighted by atomic mass is 79.9. The average Bonchev–Trinajstić information content (AvgIpc) is 2.80. The molecule has 4 aromatic rings. The molecule has 0 spiro atoms. The Morgan fingerprint density at radius 2 is 1.79 bits per heavy atom. The number of rotatable bonds is 5. The van der Waals surface area contributed by atoms with Gasteiger partial charge in [0.2, 0.25) is 0 Å². The number of hydrazone groups is 1. The van der Waals surface area contributed by atoms with Crippen LogP contribution in [0.2, 0.25) is 0 Å². The summed E-state index contributed by atoms with van der Waals surface area (Å²) in [6.45, 7) is 2.02. The lowest BCUT2D eigenvalue weighted by atomic mass is 10.2. The maximum Gasteiger partial charge on any atom is 0.173 e. The number of pyridine rings is 1. The Morgan fingerprint density at radius 1 is 1.03 bits per heavy atom. The Morgan fingerprint density at radius 3 is 2.55 bits per heavy atom. The molecule has 8 heteroatoms. The number of hydrogen-bond donors (Lipinski definition) is 2. The third kappa shape index (κ3) is 5.40. The number of fused-ring (bicyclic) bond motifs is 1. The van der Waals surface area contributed by atoms with E-state index in [1.807, 2.05) is 55.5 Å². The number of nitrogens with zero attached hydrogens (tertiary/aromatic N) is 3. The predicted molar refractivity (Wildman–Crippen MR) is 140 cm³/mol. The van der Waals surface area contributed by atoms with Crippen molar-refractivity contribution in [3.05, 3.63) is 92.5 Å². The van der Waals surface area contributed by atoms with Crippen LogP contribution >= 0.6 is 31.9 Å². The molecule has 166 valence electrons. The number of methoxy groups -OCH3 is 1. The van der Waals surface area contributed by atoms with E-state index in [4.69, 9.17) is 14.7 Å². The van der Waals surface area contributed by atoms with Crippen molar-refractivity contribution < 1.29 is 9.84 Å². The van der Waals surface area contributed by atoms with Crippen LogP contribution in [0.15, 0.2) is 85.8 Å². The SMILES string of the molecule is COc1cc(/C=N/NC(=Nc2c(Br)cc(C)cc2Br)c2ccc3ccccc3n2)ccc1O. The first-order valence-electron chi connectivity index (χ1n) is 10.0. The standard InChI is InChI=1S/C25H20Br2N4O2/c1-15-11-18(26)24(19(27)12-15)30-25(21-9-8-17-5-3-4-6-20(17)29-21)31-28-14-16-7-10-22(32)23(13-16)33-2/h3-14,32H,1-2H3,(H,30,31)/b28-14+. The number of para-hydroxylation sites is 1. The topological polar surface area (TPSA) is 79.1 Å². The number of aromatic hydroxyl groups is 1. The number of amidine groups is 1. The van der Waals surface area contributed by atoms with Crippen molar-refractivity contribution in [2.75, 3.05) is 7.11 Å². The van der Waals surface area contributed by atoms with Gasteiger partial charge < -0.3 is 9.84 Å². The summed E-state index contributed by atoms with van der Waals surface area (Å²) in [6.07, 6.45) is 1.62. The van der Waals surface area contributed by atoms with Crippen molar-refractivity contribution in [1.29, 1.82) is 0 Å². The Bertz CT molecular complexity index is 1360. The van der Waals surface area contributed by atoms with Crippen LogP contribution in [-0.2, 0) is 0 Å². The van der Waals surface area contributed by atoms with Crippen LogP contribution in [0, 0.1) is 6.92 Å². The van der Waals surface area contributed by atoms with Gasteiger partial charge in [0, 0.05) is 14.3 Å². The van der Waals surface area contributed by atoms with Gasteiger partial charge in [0.15, 0.2) is 17.3 Å². The van der Waals surface area contributed by atoms with Crippen molar-refractivity contribution in [3.63, 3.8) is 0 Å². The van der Waals surface area contributed by atoms with Crippen LogP contribution in [0.3, 0.4) is 0 Å². The smallest absolute Gasteiger partial charge is 0.173 e. The van der Waals surface area contributed by atoms with Gasteiger partial charge in [-0.05, 0) is 92.4 Å². The zero-order chi connectivity index (χ0) is 23.4. The number of aromatic nitrogens is 1. The molecule has 4 rings (SSSR count). The molecule has 0 saturated carbocycles. The molecule has 0 bridgehead atoms. The van der Waals surface area contributed by atoms with Gasteiger partial charge in [0.25, 0.3) is 0 Å². The normalized spacial score (nSPS) is 11.8. The molecule has 1 heterocycles. The molecule has 0 aliphatic rings. The number of nitrogens with one attached hydrogen (secondary N) is 1. The minimum absolute atomic E-state index is 0.0688. The largest absolute Gasteiger partial charge is 0.504 e. The van der Waals surface area contributed by atoms with Gasteiger partial charge in [0.1, 0.15) is 5.69 Å².